The van der Waals surface area contributed by atoms with Crippen LogP contribution in [0.4, 0.5) is 5.69 Å². The number of fused-ring (bicyclic) bond motifs is 1. The van der Waals surface area contributed by atoms with Gasteiger partial charge in [-0.2, -0.15) is 5.26 Å². The lowest BCUT2D eigenvalue weighted by Gasteiger charge is -2.36. The normalized spacial score (nSPS) is 14.1. The first-order valence-electron chi connectivity index (χ1n) is 9.36. The minimum Gasteiger partial charge on any atom is -0.368 e. The number of carbonyl (C=O) groups excluding carboxylic acids is 1. The third-order valence-electron chi connectivity index (χ3n) is 5.22. The summed E-state index contributed by atoms with van der Waals surface area (Å²) in [6.45, 7) is 2.64. The second-order valence-electron chi connectivity index (χ2n) is 6.77. The Morgan fingerprint density at radius 2 is 1.72 bits per heavy atom. The zero-order valence-corrected chi connectivity index (χ0v) is 16.9. The summed E-state index contributed by atoms with van der Waals surface area (Å²) in [5.41, 5.74) is 1.75. The van der Waals surface area contributed by atoms with E-state index < -0.39 is 5.56 Å². The van der Waals surface area contributed by atoms with Gasteiger partial charge < -0.3 is 9.80 Å². The van der Waals surface area contributed by atoms with Gasteiger partial charge in [-0.25, -0.2) is 0 Å². The van der Waals surface area contributed by atoms with Crippen LogP contribution in [0.15, 0.2) is 64.4 Å². The van der Waals surface area contributed by atoms with Crippen LogP contribution in [0.2, 0.25) is 0 Å². The highest BCUT2D eigenvalue weighted by atomic mass is 32.2. The van der Waals surface area contributed by atoms with Gasteiger partial charge in [0.15, 0.2) is 0 Å². The SMILES string of the molecule is CSc1c(C#N)c(=O)n2ccccc2c1C(=O)N1CCN(c2ccccc2)CC1. The first-order chi connectivity index (χ1) is 14.2. The van der Waals surface area contributed by atoms with Gasteiger partial charge in [0.2, 0.25) is 0 Å². The highest BCUT2D eigenvalue weighted by Crippen LogP contribution is 2.28. The van der Waals surface area contributed by atoms with Crippen LogP contribution in [0.5, 0.6) is 0 Å². The molecule has 0 spiro atoms. The second-order valence-corrected chi connectivity index (χ2v) is 7.59. The Morgan fingerprint density at radius 1 is 1.03 bits per heavy atom. The fraction of sp³-hybridized carbons (Fsp3) is 0.227. The van der Waals surface area contributed by atoms with Crippen LogP contribution in [-0.4, -0.2) is 47.6 Å². The van der Waals surface area contributed by atoms with Crippen LogP contribution in [0.3, 0.4) is 0 Å². The van der Waals surface area contributed by atoms with Gasteiger partial charge in [-0.15, -0.1) is 11.8 Å². The summed E-state index contributed by atoms with van der Waals surface area (Å²) in [6, 6.07) is 17.4. The third kappa shape index (κ3) is 3.36. The van der Waals surface area contributed by atoms with E-state index in [0.717, 1.165) is 18.8 Å². The molecule has 0 aliphatic carbocycles. The smallest absolute Gasteiger partial charge is 0.274 e. The maximum absolute atomic E-state index is 13.5. The summed E-state index contributed by atoms with van der Waals surface area (Å²) in [5.74, 6) is -0.137. The predicted octanol–water partition coefficient (Wildman–Crippen LogP) is 2.86. The molecule has 0 N–H and O–H groups in total. The highest BCUT2D eigenvalue weighted by molar-refractivity contribution is 7.98. The number of anilines is 1. The van der Waals surface area contributed by atoms with E-state index in [2.05, 4.69) is 17.0 Å². The molecule has 3 aromatic rings. The van der Waals surface area contributed by atoms with Gasteiger partial charge in [0.1, 0.15) is 11.6 Å². The van der Waals surface area contributed by atoms with Crippen molar-refractivity contribution in [3.63, 3.8) is 0 Å². The lowest BCUT2D eigenvalue weighted by molar-refractivity contribution is 0.0745. The van der Waals surface area contributed by atoms with E-state index in [0.29, 0.717) is 29.1 Å². The number of rotatable bonds is 3. The first-order valence-corrected chi connectivity index (χ1v) is 10.6. The first kappa shape index (κ1) is 19.1. The van der Waals surface area contributed by atoms with Crippen molar-refractivity contribution < 1.29 is 4.79 Å². The van der Waals surface area contributed by atoms with Crippen molar-refractivity contribution in [2.75, 3.05) is 37.3 Å². The maximum atomic E-state index is 13.5. The Labute approximate surface area is 173 Å². The second kappa shape index (κ2) is 8.02. The van der Waals surface area contributed by atoms with Crippen LogP contribution in [0, 0.1) is 11.3 Å². The molecule has 146 valence electrons. The Morgan fingerprint density at radius 3 is 2.38 bits per heavy atom. The van der Waals surface area contributed by atoms with Gasteiger partial charge in [-0.05, 0) is 30.5 Å². The summed E-state index contributed by atoms with van der Waals surface area (Å²) in [7, 11) is 0. The molecule has 0 atom stereocenters. The van der Waals surface area contributed by atoms with E-state index in [1.807, 2.05) is 29.2 Å². The van der Waals surface area contributed by atoms with E-state index in [1.54, 1.807) is 30.7 Å². The van der Waals surface area contributed by atoms with Crippen molar-refractivity contribution in [1.29, 1.82) is 5.26 Å². The summed E-state index contributed by atoms with van der Waals surface area (Å²) < 4.78 is 1.39. The fourth-order valence-corrected chi connectivity index (χ4v) is 4.49. The molecule has 0 unspecified atom stereocenters. The number of aromatic nitrogens is 1. The van der Waals surface area contributed by atoms with E-state index in [-0.39, 0.29) is 11.5 Å². The molecule has 29 heavy (non-hydrogen) atoms. The number of thioether (sulfide) groups is 1. The molecule has 1 fully saturated rings. The molecule has 0 radical (unpaired) electrons. The number of carbonyl (C=O) groups is 1. The number of nitrogens with zero attached hydrogens (tertiary/aromatic N) is 4. The lowest BCUT2D eigenvalue weighted by Crippen LogP contribution is -2.49. The Bertz CT molecular complexity index is 1160. The predicted molar refractivity (Wildman–Crippen MR) is 115 cm³/mol. The van der Waals surface area contributed by atoms with Gasteiger partial charge in [-0.3, -0.25) is 14.0 Å². The molecule has 1 amide bonds. The zero-order chi connectivity index (χ0) is 20.4. The van der Waals surface area contributed by atoms with E-state index in [4.69, 9.17) is 0 Å². The molecular formula is C22H20N4O2S. The summed E-state index contributed by atoms with van der Waals surface area (Å²) in [5, 5.41) is 9.56. The Balaban J connectivity index is 1.70. The number of hydrogen-bond acceptors (Lipinski definition) is 5. The largest absolute Gasteiger partial charge is 0.368 e. The van der Waals surface area contributed by atoms with E-state index in [9.17, 15) is 14.9 Å². The molecule has 6 nitrogen and oxygen atoms in total. The van der Waals surface area contributed by atoms with Crippen LogP contribution >= 0.6 is 11.8 Å². The molecule has 1 saturated heterocycles. The van der Waals surface area contributed by atoms with Gasteiger partial charge in [0, 0.05) is 43.0 Å². The van der Waals surface area contributed by atoms with Gasteiger partial charge in [0.25, 0.3) is 11.5 Å². The average molecular weight is 404 g/mol. The summed E-state index contributed by atoms with van der Waals surface area (Å²) in [4.78, 5) is 30.7. The number of pyridine rings is 2. The summed E-state index contributed by atoms with van der Waals surface area (Å²) >= 11 is 1.27. The molecule has 2 aromatic heterocycles. The number of nitriles is 1. The van der Waals surface area contributed by atoms with Crippen molar-refractivity contribution in [3.05, 3.63) is 76.2 Å². The topological polar surface area (TPSA) is 68.8 Å². The standard InChI is InChI=1S/C22H20N4O2S/c1-29-20-17(15-23)21(27)26-10-6-5-9-18(26)19(20)22(28)25-13-11-24(12-14-25)16-7-3-2-4-8-16/h2-10H,11-14H2,1H3. The molecule has 4 rings (SSSR count). The monoisotopic (exact) mass is 404 g/mol. The highest BCUT2D eigenvalue weighted by Gasteiger charge is 2.28. The molecule has 1 aliphatic rings. The maximum Gasteiger partial charge on any atom is 0.274 e. The third-order valence-corrected chi connectivity index (χ3v) is 6.04. The Kier molecular flexibility index (Phi) is 5.28. The molecule has 1 aliphatic heterocycles. The van der Waals surface area contributed by atoms with E-state index >= 15 is 0 Å². The van der Waals surface area contributed by atoms with Crippen LogP contribution in [0.25, 0.3) is 5.52 Å². The quantitative estimate of drug-likeness (QED) is 0.628. The van der Waals surface area contributed by atoms with Gasteiger partial charge >= 0.3 is 0 Å². The van der Waals surface area contributed by atoms with Crippen LogP contribution in [-0.2, 0) is 0 Å². The minimum absolute atomic E-state index is 0.0208. The number of hydrogen-bond donors (Lipinski definition) is 0. The van der Waals surface area contributed by atoms with Crippen LogP contribution < -0.4 is 10.5 Å². The average Bonchev–Trinajstić information content (AvgIpc) is 2.79. The summed E-state index contributed by atoms with van der Waals surface area (Å²) in [6.07, 6.45) is 3.39. The number of para-hydroxylation sites is 1. The molecule has 3 heterocycles. The molecule has 0 bridgehead atoms. The van der Waals surface area contributed by atoms with Gasteiger partial charge in [0.05, 0.1) is 11.1 Å². The van der Waals surface area contributed by atoms with Crippen molar-refractivity contribution in [2.24, 2.45) is 0 Å². The van der Waals surface area contributed by atoms with Crippen molar-refractivity contribution >= 4 is 28.9 Å². The van der Waals surface area contributed by atoms with Crippen LogP contribution in [0.1, 0.15) is 15.9 Å². The Hall–Kier alpha value is -3.24. The fourth-order valence-electron chi connectivity index (χ4n) is 3.76. The number of benzene rings is 1. The molecule has 1 aromatic carbocycles. The molecular weight excluding hydrogens is 384 g/mol. The zero-order valence-electron chi connectivity index (χ0n) is 16.0. The van der Waals surface area contributed by atoms with Crippen molar-refractivity contribution in [2.45, 2.75) is 4.90 Å². The minimum atomic E-state index is -0.391. The van der Waals surface area contributed by atoms with Crippen molar-refractivity contribution in [1.82, 2.24) is 9.30 Å². The molecule has 7 heteroatoms. The van der Waals surface area contributed by atoms with Crippen molar-refractivity contribution in [3.8, 4) is 6.07 Å². The number of amides is 1. The van der Waals surface area contributed by atoms with Gasteiger partial charge in [-0.1, -0.05) is 24.3 Å². The van der Waals surface area contributed by atoms with E-state index in [1.165, 1.54) is 16.2 Å². The number of piperazine rings is 1. The molecule has 0 saturated carbocycles. The lowest BCUT2D eigenvalue weighted by atomic mass is 10.1.